The molecule has 0 N–H and O–H groups in total. The second kappa shape index (κ2) is 17.3. The van der Waals surface area contributed by atoms with Gasteiger partial charge in [0.05, 0.1) is 0 Å². The van der Waals surface area contributed by atoms with Crippen molar-refractivity contribution in [2.24, 2.45) is 0 Å². The molecule has 0 saturated carbocycles. The monoisotopic (exact) mass is 256 g/mol. The first kappa shape index (κ1) is 15.9. The summed E-state index contributed by atoms with van der Waals surface area (Å²) < 4.78 is 0. The van der Waals surface area contributed by atoms with Crippen molar-refractivity contribution in [3.8, 4) is 0 Å². The maximum Gasteiger partial charge on any atom is 2.00 e. The van der Waals surface area contributed by atoms with Gasteiger partial charge >= 0.3 is 21.1 Å². The second-order valence-electron chi connectivity index (χ2n) is 0.816. The van der Waals surface area contributed by atoms with Crippen LogP contribution >= 0.6 is 0 Å². The van der Waals surface area contributed by atoms with Crippen LogP contribution in [0.2, 0.25) is 0 Å². The van der Waals surface area contributed by atoms with Crippen LogP contribution in [0.1, 0.15) is 20.3 Å². The third-order valence-corrected chi connectivity index (χ3v) is 0.408. The van der Waals surface area contributed by atoms with Crippen LogP contribution < -0.4 is 0 Å². The van der Waals surface area contributed by atoms with Crippen LogP contribution in [0, 0.1) is 13.8 Å². The normalized spacial score (nSPS) is 5.00. The minimum atomic E-state index is 0. The SMILES string of the molecule is C[CH-]CC.[CH3-].[W+2]. The minimum Gasteiger partial charge on any atom is -0.358 e. The summed E-state index contributed by atoms with van der Waals surface area (Å²) in [6.45, 7) is 4.18. The molecule has 0 heterocycles. The average Bonchev–Trinajstić information content (AvgIpc) is 1.37. The van der Waals surface area contributed by atoms with Crippen LogP contribution in [0.5, 0.6) is 0 Å². The van der Waals surface area contributed by atoms with Crippen molar-refractivity contribution in [1.82, 2.24) is 0 Å². The van der Waals surface area contributed by atoms with Gasteiger partial charge in [0.15, 0.2) is 0 Å². The van der Waals surface area contributed by atoms with Crippen molar-refractivity contribution >= 4 is 0 Å². The van der Waals surface area contributed by atoms with E-state index in [1.807, 2.05) is 0 Å². The molecule has 38 valence electrons. The Morgan fingerprint density at radius 3 is 1.67 bits per heavy atom. The van der Waals surface area contributed by atoms with Crippen LogP contribution in [-0.4, -0.2) is 0 Å². The Labute approximate surface area is 55.6 Å². The van der Waals surface area contributed by atoms with Gasteiger partial charge in [-0.2, -0.15) is 13.3 Å². The van der Waals surface area contributed by atoms with Crippen molar-refractivity contribution in [2.45, 2.75) is 20.3 Å². The summed E-state index contributed by atoms with van der Waals surface area (Å²) in [7, 11) is 0. The molecule has 0 amide bonds. The topological polar surface area (TPSA) is 0 Å². The van der Waals surface area contributed by atoms with Crippen molar-refractivity contribution in [3.05, 3.63) is 13.8 Å². The van der Waals surface area contributed by atoms with Crippen molar-refractivity contribution in [2.75, 3.05) is 0 Å². The molecule has 0 spiro atoms. The van der Waals surface area contributed by atoms with Crippen molar-refractivity contribution in [3.63, 3.8) is 0 Å². The van der Waals surface area contributed by atoms with Gasteiger partial charge in [-0.05, 0) is 0 Å². The van der Waals surface area contributed by atoms with Crippen LogP contribution in [0.3, 0.4) is 0 Å². The standard InChI is InChI=1S/C4H9.CH3.W/c1-3-4-2;;/h3H,4H2,1-2H3;1H3;/q2*-1;+2. The van der Waals surface area contributed by atoms with E-state index in [9.17, 15) is 0 Å². The van der Waals surface area contributed by atoms with Gasteiger partial charge in [-0.1, -0.05) is 6.92 Å². The Hall–Kier alpha value is 0.688. The van der Waals surface area contributed by atoms with Crippen LogP contribution in [0.25, 0.3) is 0 Å². The van der Waals surface area contributed by atoms with E-state index in [0.29, 0.717) is 0 Å². The summed E-state index contributed by atoms with van der Waals surface area (Å²) in [6.07, 6.45) is 3.32. The molecule has 0 fully saturated rings. The molecule has 0 nitrogen and oxygen atoms in total. The first-order valence-electron chi connectivity index (χ1n) is 1.69. The molecule has 0 saturated heterocycles. The van der Waals surface area contributed by atoms with E-state index in [2.05, 4.69) is 20.3 Å². The molecule has 0 aliphatic rings. The first-order chi connectivity index (χ1) is 1.91. The third-order valence-electron chi connectivity index (χ3n) is 0.408. The smallest absolute Gasteiger partial charge is 0.358 e. The Bertz CT molecular complexity index is 5.90. The summed E-state index contributed by atoms with van der Waals surface area (Å²) >= 11 is 0. The maximum absolute atomic E-state index is 2.12. The quantitative estimate of drug-likeness (QED) is 0.630. The van der Waals surface area contributed by atoms with E-state index in [-0.39, 0.29) is 28.5 Å². The molecule has 0 unspecified atom stereocenters. The van der Waals surface area contributed by atoms with Crippen molar-refractivity contribution in [1.29, 1.82) is 0 Å². The summed E-state index contributed by atoms with van der Waals surface area (Å²) in [6, 6.07) is 0. The van der Waals surface area contributed by atoms with Crippen molar-refractivity contribution < 1.29 is 21.1 Å². The Morgan fingerprint density at radius 1 is 1.50 bits per heavy atom. The molecule has 0 aromatic heterocycles. The average molecular weight is 256 g/mol. The Balaban J connectivity index is -0.0000000450. The zero-order valence-corrected chi connectivity index (χ0v) is 7.63. The molecule has 0 aliphatic heterocycles. The Kier molecular flexibility index (Phi) is 45.9. The van der Waals surface area contributed by atoms with Gasteiger partial charge < -0.3 is 13.8 Å². The van der Waals surface area contributed by atoms with E-state index >= 15 is 0 Å². The fourth-order valence-corrected chi connectivity index (χ4v) is 0. The molecule has 6 heavy (non-hydrogen) atoms. The van der Waals surface area contributed by atoms with E-state index in [0.717, 1.165) is 0 Å². The maximum atomic E-state index is 2.12. The van der Waals surface area contributed by atoms with Crippen LogP contribution in [-0.2, 0) is 21.1 Å². The summed E-state index contributed by atoms with van der Waals surface area (Å²) in [5, 5.41) is 0. The largest absolute Gasteiger partial charge is 2.00 e. The zero-order valence-electron chi connectivity index (χ0n) is 4.69. The molecule has 0 aromatic rings. The summed E-state index contributed by atoms with van der Waals surface area (Å²) in [4.78, 5) is 0. The Morgan fingerprint density at radius 2 is 1.67 bits per heavy atom. The third kappa shape index (κ3) is 22.4. The van der Waals surface area contributed by atoms with E-state index in [1.54, 1.807) is 0 Å². The molecule has 0 aliphatic carbocycles. The number of unbranched alkanes of at least 4 members (excludes halogenated alkanes) is 1. The summed E-state index contributed by atoms with van der Waals surface area (Å²) in [5.74, 6) is 0. The number of hydrogen-bond donors (Lipinski definition) is 0. The van der Waals surface area contributed by atoms with Crippen LogP contribution in [0.15, 0.2) is 0 Å². The molecule has 1 heteroatoms. The van der Waals surface area contributed by atoms with Gasteiger partial charge in [0.2, 0.25) is 0 Å². The van der Waals surface area contributed by atoms with Gasteiger partial charge in [-0.3, -0.25) is 0 Å². The van der Waals surface area contributed by atoms with E-state index in [4.69, 9.17) is 0 Å². The molecule has 0 rings (SSSR count). The predicted octanol–water partition coefficient (Wildman–Crippen LogP) is 2.07. The van der Waals surface area contributed by atoms with E-state index < -0.39 is 0 Å². The molecule has 0 atom stereocenters. The number of hydrogen-bond acceptors (Lipinski definition) is 0. The van der Waals surface area contributed by atoms with Gasteiger partial charge in [0.1, 0.15) is 0 Å². The molecule has 0 radical (unpaired) electrons. The molecular weight excluding hydrogens is 244 g/mol. The van der Waals surface area contributed by atoms with Gasteiger partial charge in [0, 0.05) is 0 Å². The fraction of sp³-hybridized carbons (Fsp3) is 0.600. The van der Waals surface area contributed by atoms with Gasteiger partial charge in [-0.25, -0.2) is 0 Å². The molecular formula is C5H12W. The van der Waals surface area contributed by atoms with Crippen LogP contribution in [0.4, 0.5) is 0 Å². The molecule has 0 bridgehead atoms. The fourth-order valence-electron chi connectivity index (χ4n) is 0. The summed E-state index contributed by atoms with van der Waals surface area (Å²) in [5.41, 5.74) is 0. The first-order valence-corrected chi connectivity index (χ1v) is 1.69. The zero-order chi connectivity index (χ0) is 3.41. The second-order valence-corrected chi connectivity index (χ2v) is 0.816. The number of rotatable bonds is 1. The predicted molar refractivity (Wildman–Crippen MR) is 26.7 cm³/mol. The van der Waals surface area contributed by atoms with Gasteiger partial charge in [0.25, 0.3) is 0 Å². The van der Waals surface area contributed by atoms with Gasteiger partial charge in [-0.15, -0.1) is 0 Å². The minimum absolute atomic E-state index is 0. The van der Waals surface area contributed by atoms with E-state index in [1.165, 1.54) is 6.42 Å². The molecule has 0 aromatic carbocycles.